The highest BCUT2D eigenvalue weighted by Gasteiger charge is 2.35. The van der Waals surface area contributed by atoms with Crippen molar-refractivity contribution >= 4 is 27.5 Å². The van der Waals surface area contributed by atoms with E-state index in [1.54, 1.807) is 25.4 Å². The first-order valence-corrected chi connectivity index (χ1v) is 8.69. The number of fused-ring (bicyclic) bond motifs is 1. The van der Waals surface area contributed by atoms with E-state index in [2.05, 4.69) is 51.4 Å². The number of hydrogen-bond acceptors (Lipinski definition) is 7. The van der Waals surface area contributed by atoms with E-state index >= 15 is 0 Å². The summed E-state index contributed by atoms with van der Waals surface area (Å²) in [5.74, 6) is 0.775. The van der Waals surface area contributed by atoms with Gasteiger partial charge in [-0.25, -0.2) is 19.5 Å². The van der Waals surface area contributed by atoms with Crippen molar-refractivity contribution in [2.24, 2.45) is 0 Å². The van der Waals surface area contributed by atoms with Crippen LogP contribution in [0, 0.1) is 0 Å². The zero-order valence-electron chi connectivity index (χ0n) is 14.1. The fourth-order valence-corrected chi connectivity index (χ4v) is 3.00. The lowest BCUT2D eigenvalue weighted by atomic mass is 10.2. The Hall–Kier alpha value is -3.09. The minimum Gasteiger partial charge on any atom is -0.343 e. The van der Waals surface area contributed by atoms with Gasteiger partial charge in [0.25, 0.3) is 5.95 Å². The maximum absolute atomic E-state index is 13.3. The molecule has 13 heteroatoms. The van der Waals surface area contributed by atoms with E-state index in [1.165, 1.54) is 17.2 Å². The number of nitrogens with zero attached hydrogens (tertiary/aromatic N) is 8. The van der Waals surface area contributed by atoms with Crippen LogP contribution in [0.15, 0.2) is 41.5 Å². The van der Waals surface area contributed by atoms with Gasteiger partial charge in [0.2, 0.25) is 5.95 Å². The average Bonchev–Trinajstić information content (AvgIpc) is 3.27. The van der Waals surface area contributed by atoms with Crippen LogP contribution >= 0.6 is 15.9 Å². The third-order valence-corrected chi connectivity index (χ3v) is 4.19. The zero-order chi connectivity index (χ0) is 19.9. The van der Waals surface area contributed by atoms with Gasteiger partial charge in [-0.2, -0.15) is 27.9 Å². The summed E-state index contributed by atoms with van der Waals surface area (Å²) >= 11 is 3.06. The van der Waals surface area contributed by atoms with Gasteiger partial charge in [-0.1, -0.05) is 0 Å². The molecule has 1 N–H and O–H groups in total. The molecule has 0 unspecified atom stereocenters. The van der Waals surface area contributed by atoms with Crippen molar-refractivity contribution in [2.45, 2.75) is 19.1 Å². The molecular formula is C15H11BrF3N9. The Morgan fingerprint density at radius 2 is 1.93 bits per heavy atom. The second kappa shape index (κ2) is 6.82. The van der Waals surface area contributed by atoms with Crippen molar-refractivity contribution in [3.63, 3.8) is 0 Å². The Kier molecular flexibility index (Phi) is 4.45. The first-order chi connectivity index (χ1) is 13.3. The van der Waals surface area contributed by atoms with E-state index < -0.39 is 17.8 Å². The van der Waals surface area contributed by atoms with Gasteiger partial charge in [0.15, 0.2) is 11.5 Å². The van der Waals surface area contributed by atoms with E-state index in [0.29, 0.717) is 11.8 Å². The summed E-state index contributed by atoms with van der Waals surface area (Å²) in [4.78, 5) is 16.4. The molecule has 0 fully saturated rings. The molecule has 0 aliphatic heterocycles. The van der Waals surface area contributed by atoms with Gasteiger partial charge in [-0.15, -0.1) is 5.10 Å². The van der Waals surface area contributed by atoms with Crippen LogP contribution in [0.1, 0.15) is 24.4 Å². The maximum atomic E-state index is 13.3. The smallest absolute Gasteiger partial charge is 0.343 e. The van der Waals surface area contributed by atoms with Crippen molar-refractivity contribution in [2.75, 3.05) is 5.32 Å². The zero-order valence-corrected chi connectivity index (χ0v) is 15.7. The molecule has 0 radical (unpaired) electrons. The minimum atomic E-state index is -4.56. The standard InChI is InChI=1S/C15H11BrF3N9/c1-8(11-22-7-23-28(11)14-20-3-2-4-21-14)24-13-25-12-10(15(17,18)19)5-9(16)6-27(12)26-13/h2-8H,1H3,(H,24,26)/t8-/m0/s1. The summed E-state index contributed by atoms with van der Waals surface area (Å²) in [6, 6.07) is 2.14. The van der Waals surface area contributed by atoms with E-state index in [1.807, 2.05) is 0 Å². The molecule has 9 nitrogen and oxygen atoms in total. The third kappa shape index (κ3) is 3.40. The largest absolute Gasteiger partial charge is 0.420 e. The molecule has 0 saturated carbocycles. The lowest BCUT2D eigenvalue weighted by molar-refractivity contribution is -0.136. The first-order valence-electron chi connectivity index (χ1n) is 7.90. The van der Waals surface area contributed by atoms with Crippen LogP contribution < -0.4 is 5.32 Å². The third-order valence-electron chi connectivity index (χ3n) is 3.75. The molecular weight excluding hydrogens is 443 g/mol. The Balaban J connectivity index is 1.67. The number of hydrogen-bond donors (Lipinski definition) is 1. The van der Waals surface area contributed by atoms with Crippen molar-refractivity contribution < 1.29 is 13.2 Å². The molecule has 0 amide bonds. The lowest BCUT2D eigenvalue weighted by Crippen LogP contribution is -2.16. The molecule has 0 aromatic carbocycles. The van der Waals surface area contributed by atoms with Crippen molar-refractivity contribution in [3.8, 4) is 5.95 Å². The van der Waals surface area contributed by atoms with E-state index in [0.717, 1.165) is 10.6 Å². The van der Waals surface area contributed by atoms with Gasteiger partial charge < -0.3 is 5.32 Å². The fraction of sp³-hybridized carbons (Fsp3) is 0.200. The summed E-state index contributed by atoms with van der Waals surface area (Å²) in [6.07, 6.45) is 1.29. The Labute approximate surface area is 163 Å². The molecule has 4 heterocycles. The molecule has 4 rings (SSSR count). The van der Waals surface area contributed by atoms with Crippen LogP contribution in [-0.4, -0.2) is 39.3 Å². The Bertz CT molecular complexity index is 1120. The molecule has 1 atom stereocenters. The lowest BCUT2D eigenvalue weighted by Gasteiger charge is -2.12. The monoisotopic (exact) mass is 453 g/mol. The molecule has 0 bridgehead atoms. The fourth-order valence-electron chi connectivity index (χ4n) is 2.58. The minimum absolute atomic E-state index is 0.0135. The van der Waals surface area contributed by atoms with Crippen molar-refractivity contribution in [1.82, 2.24) is 39.3 Å². The van der Waals surface area contributed by atoms with Crippen molar-refractivity contribution in [3.05, 3.63) is 52.9 Å². The SMILES string of the molecule is C[C@H](Nc1nc2c(C(F)(F)F)cc(Br)cn2n1)c1ncnn1-c1ncccn1. The predicted molar refractivity (Wildman–Crippen MR) is 94.7 cm³/mol. The second-order valence-electron chi connectivity index (χ2n) is 5.72. The molecule has 28 heavy (non-hydrogen) atoms. The summed E-state index contributed by atoms with van der Waals surface area (Å²) in [6.45, 7) is 1.75. The molecule has 0 spiro atoms. The van der Waals surface area contributed by atoms with Crippen LogP contribution in [0.5, 0.6) is 0 Å². The number of anilines is 1. The van der Waals surface area contributed by atoms with Crippen LogP contribution in [-0.2, 0) is 6.18 Å². The van der Waals surface area contributed by atoms with Gasteiger partial charge in [0, 0.05) is 23.1 Å². The highest BCUT2D eigenvalue weighted by molar-refractivity contribution is 9.10. The molecule has 4 aromatic heterocycles. The number of aromatic nitrogens is 8. The van der Waals surface area contributed by atoms with Gasteiger partial charge in [-0.05, 0) is 35.0 Å². The Morgan fingerprint density at radius 3 is 2.64 bits per heavy atom. The number of halogens is 4. The van der Waals surface area contributed by atoms with E-state index in [9.17, 15) is 13.2 Å². The molecule has 0 aliphatic carbocycles. The first kappa shape index (κ1) is 18.3. The van der Waals surface area contributed by atoms with E-state index in [4.69, 9.17) is 0 Å². The number of alkyl halides is 3. The van der Waals surface area contributed by atoms with Gasteiger partial charge >= 0.3 is 6.18 Å². The van der Waals surface area contributed by atoms with Crippen molar-refractivity contribution in [1.29, 1.82) is 0 Å². The van der Waals surface area contributed by atoms with Gasteiger partial charge in [0.1, 0.15) is 11.9 Å². The summed E-state index contributed by atoms with van der Waals surface area (Å²) in [5.41, 5.74) is -1.20. The number of rotatable bonds is 4. The summed E-state index contributed by atoms with van der Waals surface area (Å²) in [5, 5.41) is 11.1. The molecule has 0 aliphatic rings. The van der Waals surface area contributed by atoms with Crippen LogP contribution in [0.4, 0.5) is 19.1 Å². The number of nitrogens with one attached hydrogen (secondary N) is 1. The summed E-state index contributed by atoms with van der Waals surface area (Å²) < 4.78 is 42.5. The second-order valence-corrected chi connectivity index (χ2v) is 6.63. The quantitative estimate of drug-likeness (QED) is 0.506. The highest BCUT2D eigenvalue weighted by atomic mass is 79.9. The van der Waals surface area contributed by atoms with Gasteiger partial charge in [-0.3, -0.25) is 0 Å². The molecule has 4 aromatic rings. The summed E-state index contributed by atoms with van der Waals surface area (Å²) in [7, 11) is 0. The van der Waals surface area contributed by atoms with Crippen LogP contribution in [0.2, 0.25) is 0 Å². The van der Waals surface area contributed by atoms with Gasteiger partial charge in [0.05, 0.1) is 6.04 Å². The molecule has 144 valence electrons. The average molecular weight is 454 g/mol. The highest BCUT2D eigenvalue weighted by Crippen LogP contribution is 2.34. The predicted octanol–water partition coefficient (Wildman–Crippen LogP) is 3.05. The molecule has 0 saturated heterocycles. The van der Waals surface area contributed by atoms with E-state index in [-0.39, 0.29) is 16.1 Å². The maximum Gasteiger partial charge on any atom is 0.420 e. The number of pyridine rings is 1. The normalized spacial score (nSPS) is 13.0. The van der Waals surface area contributed by atoms with Crippen LogP contribution in [0.25, 0.3) is 11.6 Å². The Morgan fingerprint density at radius 1 is 1.18 bits per heavy atom. The topological polar surface area (TPSA) is 98.7 Å². The van der Waals surface area contributed by atoms with Crippen LogP contribution in [0.3, 0.4) is 0 Å².